The number of aliphatic hydroxyl groups is 1. The van der Waals surface area contributed by atoms with Crippen LogP contribution in [-0.2, 0) is 0 Å². The van der Waals surface area contributed by atoms with Gasteiger partial charge < -0.3 is 15.5 Å². The first-order valence-electron chi connectivity index (χ1n) is 6.42. The van der Waals surface area contributed by atoms with E-state index in [2.05, 4.69) is 5.32 Å². The topological polar surface area (TPSA) is 113 Å². The summed E-state index contributed by atoms with van der Waals surface area (Å²) in [6, 6.07) is 3.78. The van der Waals surface area contributed by atoms with Crippen LogP contribution in [0.2, 0.25) is 0 Å². The van der Waals surface area contributed by atoms with Gasteiger partial charge in [-0.25, -0.2) is 4.79 Å². The van der Waals surface area contributed by atoms with E-state index >= 15 is 0 Å². The lowest BCUT2D eigenvalue weighted by Gasteiger charge is -2.20. The number of hydrogen-bond acceptors (Lipinski definition) is 5. The van der Waals surface area contributed by atoms with Crippen molar-refractivity contribution in [2.75, 3.05) is 11.9 Å². The van der Waals surface area contributed by atoms with Crippen molar-refractivity contribution in [3.05, 3.63) is 33.9 Å². The lowest BCUT2D eigenvalue weighted by atomic mass is 10.0. The van der Waals surface area contributed by atoms with Crippen molar-refractivity contribution in [3.8, 4) is 0 Å². The van der Waals surface area contributed by atoms with E-state index in [0.717, 1.165) is 25.3 Å². The molecule has 7 heteroatoms. The minimum atomic E-state index is -1.20. The molecule has 0 spiro atoms. The molecule has 2 unspecified atom stereocenters. The summed E-state index contributed by atoms with van der Waals surface area (Å²) < 4.78 is 0. The standard InChI is InChI=1S/C13H16N2O5/c16-7-9-2-1-3-10(9)14-11-5-4-8(13(17)18)6-12(11)15(19)20/h4-6,9-10,14,16H,1-3,7H2,(H,17,18). The first-order valence-corrected chi connectivity index (χ1v) is 6.42. The molecule has 1 fully saturated rings. The lowest BCUT2D eigenvalue weighted by molar-refractivity contribution is -0.384. The van der Waals surface area contributed by atoms with Crippen LogP contribution in [0.5, 0.6) is 0 Å². The number of carbonyl (C=O) groups is 1. The van der Waals surface area contributed by atoms with E-state index in [1.807, 2.05) is 0 Å². The second-order valence-electron chi connectivity index (χ2n) is 4.92. The molecule has 1 aliphatic rings. The number of anilines is 1. The summed E-state index contributed by atoms with van der Waals surface area (Å²) >= 11 is 0. The summed E-state index contributed by atoms with van der Waals surface area (Å²) in [4.78, 5) is 21.3. The number of rotatable bonds is 5. The second-order valence-corrected chi connectivity index (χ2v) is 4.92. The highest BCUT2D eigenvalue weighted by atomic mass is 16.6. The van der Waals surface area contributed by atoms with Crippen LogP contribution in [0.1, 0.15) is 29.6 Å². The average Bonchev–Trinajstić information content (AvgIpc) is 2.85. The summed E-state index contributed by atoms with van der Waals surface area (Å²) in [5.41, 5.74) is -0.0776. The lowest BCUT2D eigenvalue weighted by Crippen LogP contribution is -2.26. The first-order chi connectivity index (χ1) is 9.52. The van der Waals surface area contributed by atoms with Crippen molar-refractivity contribution in [1.29, 1.82) is 0 Å². The van der Waals surface area contributed by atoms with Gasteiger partial charge in [0.25, 0.3) is 5.69 Å². The molecule has 20 heavy (non-hydrogen) atoms. The van der Waals surface area contributed by atoms with Gasteiger partial charge in [0.2, 0.25) is 0 Å². The van der Waals surface area contributed by atoms with E-state index in [1.54, 1.807) is 0 Å². The SMILES string of the molecule is O=C(O)c1ccc(NC2CCCC2CO)c([N+](=O)[O-])c1. The third kappa shape index (κ3) is 2.88. The predicted molar refractivity (Wildman–Crippen MR) is 71.9 cm³/mol. The highest BCUT2D eigenvalue weighted by Crippen LogP contribution is 2.32. The number of benzene rings is 1. The van der Waals surface area contributed by atoms with Crippen molar-refractivity contribution in [3.63, 3.8) is 0 Å². The zero-order chi connectivity index (χ0) is 14.7. The fraction of sp³-hybridized carbons (Fsp3) is 0.462. The molecule has 0 heterocycles. The van der Waals surface area contributed by atoms with E-state index in [0.29, 0.717) is 5.69 Å². The highest BCUT2D eigenvalue weighted by molar-refractivity contribution is 5.89. The zero-order valence-corrected chi connectivity index (χ0v) is 10.8. The van der Waals surface area contributed by atoms with Gasteiger partial charge in [0.15, 0.2) is 0 Å². The Bertz CT molecular complexity index is 531. The third-order valence-corrected chi connectivity index (χ3v) is 3.68. The van der Waals surface area contributed by atoms with Gasteiger partial charge in [-0.05, 0) is 25.0 Å². The van der Waals surface area contributed by atoms with E-state index in [1.165, 1.54) is 12.1 Å². The molecule has 1 saturated carbocycles. The van der Waals surface area contributed by atoms with Crippen molar-refractivity contribution in [1.82, 2.24) is 0 Å². The van der Waals surface area contributed by atoms with Crippen molar-refractivity contribution in [2.24, 2.45) is 5.92 Å². The quantitative estimate of drug-likeness (QED) is 0.560. The Hall–Kier alpha value is -2.15. The number of carboxylic acid groups (broad SMARTS) is 1. The van der Waals surface area contributed by atoms with Crippen LogP contribution >= 0.6 is 0 Å². The molecule has 1 aromatic rings. The molecule has 1 aliphatic carbocycles. The van der Waals surface area contributed by atoms with Gasteiger partial charge in [-0.15, -0.1) is 0 Å². The third-order valence-electron chi connectivity index (χ3n) is 3.68. The van der Waals surface area contributed by atoms with Crippen molar-refractivity contribution >= 4 is 17.3 Å². The number of aliphatic hydroxyl groups excluding tert-OH is 1. The number of nitro groups is 1. The molecule has 0 aromatic heterocycles. The second kappa shape index (κ2) is 5.87. The van der Waals surface area contributed by atoms with Gasteiger partial charge in [0.05, 0.1) is 10.5 Å². The molecule has 108 valence electrons. The summed E-state index contributed by atoms with van der Waals surface area (Å²) in [5, 5.41) is 32.2. The fourth-order valence-electron chi connectivity index (χ4n) is 2.58. The molecular formula is C13H16N2O5. The number of nitro benzene ring substituents is 1. The molecule has 0 radical (unpaired) electrons. The predicted octanol–water partition coefficient (Wildman–Crippen LogP) is 1.87. The Balaban J connectivity index is 2.27. The largest absolute Gasteiger partial charge is 0.478 e. The number of carboxylic acids is 1. The maximum absolute atomic E-state index is 11.0. The van der Waals surface area contributed by atoms with Gasteiger partial charge >= 0.3 is 5.97 Å². The molecule has 0 saturated heterocycles. The van der Waals surface area contributed by atoms with Crippen molar-refractivity contribution in [2.45, 2.75) is 25.3 Å². The average molecular weight is 280 g/mol. The molecule has 1 aromatic carbocycles. The van der Waals surface area contributed by atoms with Crippen LogP contribution in [0, 0.1) is 16.0 Å². The molecule has 3 N–H and O–H groups in total. The highest BCUT2D eigenvalue weighted by Gasteiger charge is 2.28. The van der Waals surface area contributed by atoms with E-state index < -0.39 is 10.9 Å². The number of hydrogen-bond donors (Lipinski definition) is 3. The smallest absolute Gasteiger partial charge is 0.335 e. The number of nitrogens with one attached hydrogen (secondary N) is 1. The monoisotopic (exact) mass is 280 g/mol. The summed E-state index contributed by atoms with van der Waals surface area (Å²) in [6.07, 6.45) is 2.68. The van der Waals surface area contributed by atoms with Crippen LogP contribution in [0.25, 0.3) is 0 Å². The summed E-state index contributed by atoms with van der Waals surface area (Å²) in [7, 11) is 0. The molecular weight excluding hydrogens is 264 g/mol. The van der Waals surface area contributed by atoms with E-state index in [-0.39, 0.29) is 29.8 Å². The summed E-state index contributed by atoms with van der Waals surface area (Å²) in [5.74, 6) is -1.12. The number of nitrogens with zero attached hydrogens (tertiary/aromatic N) is 1. The van der Waals surface area contributed by atoms with E-state index in [9.17, 15) is 20.0 Å². The minimum absolute atomic E-state index is 0.0191. The van der Waals surface area contributed by atoms with Crippen LogP contribution in [-0.4, -0.2) is 33.8 Å². The van der Waals surface area contributed by atoms with Gasteiger partial charge in [-0.1, -0.05) is 6.42 Å². The Morgan fingerprint density at radius 2 is 2.20 bits per heavy atom. The van der Waals surface area contributed by atoms with E-state index in [4.69, 9.17) is 5.11 Å². The normalized spacial score (nSPS) is 21.6. The maximum Gasteiger partial charge on any atom is 0.335 e. The Morgan fingerprint density at radius 3 is 2.80 bits per heavy atom. The van der Waals surface area contributed by atoms with Crippen LogP contribution in [0.4, 0.5) is 11.4 Å². The molecule has 0 aliphatic heterocycles. The van der Waals surface area contributed by atoms with Gasteiger partial charge in [-0.2, -0.15) is 0 Å². The van der Waals surface area contributed by atoms with Gasteiger partial charge in [0.1, 0.15) is 5.69 Å². The molecule has 2 rings (SSSR count). The maximum atomic E-state index is 11.0. The molecule has 0 amide bonds. The van der Waals surface area contributed by atoms with Crippen LogP contribution in [0.3, 0.4) is 0 Å². The Kier molecular flexibility index (Phi) is 4.19. The fourth-order valence-corrected chi connectivity index (χ4v) is 2.58. The number of aromatic carboxylic acids is 1. The Labute approximate surface area is 115 Å². The van der Waals surface area contributed by atoms with Gasteiger partial charge in [-0.3, -0.25) is 10.1 Å². The summed E-state index contributed by atoms with van der Waals surface area (Å²) in [6.45, 7) is 0.0404. The zero-order valence-electron chi connectivity index (χ0n) is 10.8. The molecule has 7 nitrogen and oxygen atoms in total. The van der Waals surface area contributed by atoms with Crippen molar-refractivity contribution < 1.29 is 19.9 Å². The molecule has 2 atom stereocenters. The Morgan fingerprint density at radius 1 is 1.45 bits per heavy atom. The first kappa shape index (κ1) is 14.3. The minimum Gasteiger partial charge on any atom is -0.478 e. The van der Waals surface area contributed by atoms with Crippen LogP contribution in [0.15, 0.2) is 18.2 Å². The van der Waals surface area contributed by atoms with Crippen LogP contribution < -0.4 is 5.32 Å². The van der Waals surface area contributed by atoms with Gasteiger partial charge in [0, 0.05) is 24.6 Å². The molecule has 0 bridgehead atoms.